The zero-order valence-electron chi connectivity index (χ0n) is 13.4. The van der Waals surface area contributed by atoms with Gasteiger partial charge in [-0.1, -0.05) is 0 Å². The smallest absolute Gasteiger partial charge is 0.353 e. The molecule has 24 heavy (non-hydrogen) atoms. The van der Waals surface area contributed by atoms with E-state index in [4.69, 9.17) is 15.6 Å². The Morgan fingerprint density at radius 2 is 1.71 bits per heavy atom. The maximum absolute atomic E-state index is 11.6. The van der Waals surface area contributed by atoms with Crippen LogP contribution in [0.25, 0.3) is 0 Å². The number of anilines is 2. The van der Waals surface area contributed by atoms with E-state index in [2.05, 4.69) is 9.97 Å². The minimum absolute atomic E-state index is 0.0758. The van der Waals surface area contributed by atoms with Crippen molar-refractivity contribution in [2.24, 2.45) is 0 Å². The van der Waals surface area contributed by atoms with Crippen molar-refractivity contribution < 1.29 is 10.0 Å². The summed E-state index contributed by atoms with van der Waals surface area (Å²) in [5, 5.41) is 38.3. The molecule has 1 N–H and O–H groups in total. The SMILES string of the molecule is CCN(CCO)c1ncnc(N(CCC#N)CCC#N)c1[N+](=O)[O-]. The Labute approximate surface area is 139 Å². The zero-order valence-corrected chi connectivity index (χ0v) is 13.4. The molecular formula is C14H19N7O3. The second-order valence-electron chi connectivity index (χ2n) is 4.73. The molecule has 0 saturated carbocycles. The summed E-state index contributed by atoms with van der Waals surface area (Å²) in [4.78, 5) is 22.2. The first-order valence-corrected chi connectivity index (χ1v) is 7.44. The van der Waals surface area contributed by atoms with Gasteiger partial charge in [-0.15, -0.1) is 0 Å². The Bertz CT molecular complexity index is 620. The van der Waals surface area contributed by atoms with Crippen molar-refractivity contribution in [3.05, 3.63) is 16.4 Å². The second-order valence-corrected chi connectivity index (χ2v) is 4.73. The summed E-state index contributed by atoms with van der Waals surface area (Å²) in [7, 11) is 0. The van der Waals surface area contributed by atoms with Gasteiger partial charge in [0.1, 0.15) is 6.33 Å². The van der Waals surface area contributed by atoms with Gasteiger partial charge < -0.3 is 14.9 Å². The van der Waals surface area contributed by atoms with Crippen LogP contribution in [0.5, 0.6) is 0 Å². The van der Waals surface area contributed by atoms with Crippen LogP contribution in [0.15, 0.2) is 6.33 Å². The molecule has 1 aromatic rings. The second kappa shape index (κ2) is 9.92. The van der Waals surface area contributed by atoms with Gasteiger partial charge in [-0.3, -0.25) is 10.1 Å². The molecule has 0 aromatic carbocycles. The Kier molecular flexibility index (Phi) is 7.88. The number of nitrogens with zero attached hydrogens (tertiary/aromatic N) is 7. The van der Waals surface area contributed by atoms with Crippen molar-refractivity contribution in [2.75, 3.05) is 42.6 Å². The third-order valence-corrected chi connectivity index (χ3v) is 3.30. The number of aliphatic hydroxyl groups is 1. The number of hydrogen-bond donors (Lipinski definition) is 1. The quantitative estimate of drug-likeness (QED) is 0.486. The molecule has 0 unspecified atom stereocenters. The summed E-state index contributed by atoms with van der Waals surface area (Å²) in [6, 6.07) is 3.96. The maximum atomic E-state index is 11.6. The molecule has 1 rings (SSSR count). The molecule has 128 valence electrons. The van der Waals surface area contributed by atoms with E-state index in [1.807, 2.05) is 12.1 Å². The molecule has 1 heterocycles. The molecule has 0 aliphatic carbocycles. The fourth-order valence-electron chi connectivity index (χ4n) is 2.21. The van der Waals surface area contributed by atoms with E-state index in [0.717, 1.165) is 0 Å². The van der Waals surface area contributed by atoms with E-state index in [1.165, 1.54) is 6.33 Å². The van der Waals surface area contributed by atoms with Gasteiger partial charge in [0.2, 0.25) is 11.6 Å². The number of rotatable bonds is 10. The number of aromatic nitrogens is 2. The van der Waals surface area contributed by atoms with E-state index >= 15 is 0 Å². The Morgan fingerprint density at radius 1 is 1.17 bits per heavy atom. The number of hydrogen-bond acceptors (Lipinski definition) is 9. The van der Waals surface area contributed by atoms with Gasteiger partial charge in [0.25, 0.3) is 0 Å². The average Bonchev–Trinajstić information content (AvgIpc) is 2.59. The molecule has 10 nitrogen and oxygen atoms in total. The molecular weight excluding hydrogens is 314 g/mol. The molecule has 0 aliphatic rings. The molecule has 1 aromatic heterocycles. The fourth-order valence-corrected chi connectivity index (χ4v) is 2.21. The fraction of sp³-hybridized carbons (Fsp3) is 0.571. The van der Waals surface area contributed by atoms with Gasteiger partial charge >= 0.3 is 5.69 Å². The molecule has 0 bridgehead atoms. The molecule has 0 amide bonds. The van der Waals surface area contributed by atoms with E-state index in [-0.39, 0.29) is 56.4 Å². The largest absolute Gasteiger partial charge is 0.395 e. The molecule has 0 saturated heterocycles. The van der Waals surface area contributed by atoms with Gasteiger partial charge in [-0.2, -0.15) is 10.5 Å². The lowest BCUT2D eigenvalue weighted by atomic mass is 10.3. The number of nitro groups is 1. The van der Waals surface area contributed by atoms with Crippen molar-refractivity contribution in [1.82, 2.24) is 9.97 Å². The molecule has 10 heteroatoms. The average molecular weight is 333 g/mol. The van der Waals surface area contributed by atoms with E-state index in [0.29, 0.717) is 6.54 Å². The minimum Gasteiger partial charge on any atom is -0.395 e. The lowest BCUT2D eigenvalue weighted by Gasteiger charge is -2.25. The van der Waals surface area contributed by atoms with Gasteiger partial charge in [0, 0.05) is 26.2 Å². The summed E-state index contributed by atoms with van der Waals surface area (Å²) in [6.07, 6.45) is 1.51. The van der Waals surface area contributed by atoms with Crippen LogP contribution in [0.2, 0.25) is 0 Å². The first-order chi connectivity index (χ1) is 11.6. The highest BCUT2D eigenvalue weighted by molar-refractivity contribution is 5.71. The summed E-state index contributed by atoms with van der Waals surface area (Å²) in [5.74, 6) is 0.187. The third kappa shape index (κ3) is 4.76. The van der Waals surface area contributed by atoms with Crippen LogP contribution in [-0.4, -0.2) is 52.8 Å². The Morgan fingerprint density at radius 3 is 2.12 bits per heavy atom. The lowest BCUT2D eigenvalue weighted by Crippen LogP contribution is -2.31. The normalized spacial score (nSPS) is 9.83. The summed E-state index contributed by atoms with van der Waals surface area (Å²) in [5.41, 5.74) is -0.288. The third-order valence-electron chi connectivity index (χ3n) is 3.30. The van der Waals surface area contributed by atoms with Crippen molar-refractivity contribution in [2.45, 2.75) is 19.8 Å². The standard InChI is InChI=1S/C14H19N7O3/c1-2-19(9-10-22)13-12(21(23)24)14(18-11-17-13)20(7-3-5-15)8-4-6-16/h11,22H,2-4,7-10H2,1H3. The van der Waals surface area contributed by atoms with Crippen LogP contribution in [0.1, 0.15) is 19.8 Å². The van der Waals surface area contributed by atoms with Crippen LogP contribution in [0, 0.1) is 32.8 Å². The van der Waals surface area contributed by atoms with Crippen molar-refractivity contribution >= 4 is 17.3 Å². The number of likely N-dealkylation sites (N-methyl/N-ethyl adjacent to an activating group) is 1. The van der Waals surface area contributed by atoms with E-state index in [1.54, 1.807) is 16.7 Å². The predicted octanol–water partition coefficient (Wildman–Crippen LogP) is 0.837. The van der Waals surface area contributed by atoms with Crippen molar-refractivity contribution in [3.8, 4) is 12.1 Å². The highest BCUT2D eigenvalue weighted by atomic mass is 16.6. The Hall–Kier alpha value is -2.98. The van der Waals surface area contributed by atoms with Crippen molar-refractivity contribution in [3.63, 3.8) is 0 Å². The monoisotopic (exact) mass is 333 g/mol. The summed E-state index contributed by atoms with van der Waals surface area (Å²) >= 11 is 0. The van der Waals surface area contributed by atoms with E-state index < -0.39 is 4.92 Å². The number of nitriles is 2. The molecule has 0 atom stereocenters. The van der Waals surface area contributed by atoms with Crippen LogP contribution in [-0.2, 0) is 0 Å². The molecule has 0 spiro atoms. The minimum atomic E-state index is -0.573. The van der Waals surface area contributed by atoms with Crippen LogP contribution < -0.4 is 9.80 Å². The molecule has 0 fully saturated rings. The summed E-state index contributed by atoms with van der Waals surface area (Å²) in [6.45, 7) is 2.70. The predicted molar refractivity (Wildman–Crippen MR) is 86.3 cm³/mol. The van der Waals surface area contributed by atoms with Crippen LogP contribution >= 0.6 is 0 Å². The van der Waals surface area contributed by atoms with E-state index in [9.17, 15) is 10.1 Å². The number of aliphatic hydroxyl groups excluding tert-OH is 1. The van der Waals surface area contributed by atoms with Gasteiger partial charge in [0.05, 0.1) is 36.5 Å². The van der Waals surface area contributed by atoms with Crippen LogP contribution in [0.3, 0.4) is 0 Å². The molecule has 0 radical (unpaired) electrons. The van der Waals surface area contributed by atoms with Gasteiger partial charge in [0.15, 0.2) is 0 Å². The first-order valence-electron chi connectivity index (χ1n) is 7.44. The van der Waals surface area contributed by atoms with Crippen LogP contribution in [0.4, 0.5) is 17.3 Å². The van der Waals surface area contributed by atoms with Gasteiger partial charge in [-0.05, 0) is 6.92 Å². The summed E-state index contributed by atoms with van der Waals surface area (Å²) < 4.78 is 0. The van der Waals surface area contributed by atoms with Gasteiger partial charge in [-0.25, -0.2) is 9.97 Å². The topological polar surface area (TPSA) is 143 Å². The highest BCUT2D eigenvalue weighted by Gasteiger charge is 2.29. The van der Waals surface area contributed by atoms with Crippen molar-refractivity contribution in [1.29, 1.82) is 10.5 Å². The highest BCUT2D eigenvalue weighted by Crippen LogP contribution is 2.34. The maximum Gasteiger partial charge on any atom is 0.353 e. The lowest BCUT2D eigenvalue weighted by molar-refractivity contribution is -0.383. The first kappa shape index (κ1) is 19.1. The molecule has 0 aliphatic heterocycles. The Balaban J connectivity index is 3.36. The zero-order chi connectivity index (χ0) is 17.9.